The van der Waals surface area contributed by atoms with E-state index in [2.05, 4.69) is 21.8 Å². The lowest BCUT2D eigenvalue weighted by Gasteiger charge is -2.20. The number of nitrogens with zero attached hydrogens (tertiary/aromatic N) is 3. The summed E-state index contributed by atoms with van der Waals surface area (Å²) in [5, 5.41) is 1.12. The second-order valence-electron chi connectivity index (χ2n) is 4.22. The Morgan fingerprint density at radius 2 is 1.79 bits per heavy atom. The van der Waals surface area contributed by atoms with Gasteiger partial charge >= 0.3 is 0 Å². The predicted molar refractivity (Wildman–Crippen MR) is 78.3 cm³/mol. The summed E-state index contributed by atoms with van der Waals surface area (Å²) >= 11 is 12.0. The minimum Gasteiger partial charge on any atom is -0.293 e. The number of halogens is 2. The molecule has 0 saturated heterocycles. The van der Waals surface area contributed by atoms with Gasteiger partial charge < -0.3 is 0 Å². The molecular formula is C14H15Cl2N3. The summed E-state index contributed by atoms with van der Waals surface area (Å²) in [6.45, 7) is 4.54. The van der Waals surface area contributed by atoms with Crippen molar-refractivity contribution in [2.75, 3.05) is 6.54 Å². The molecule has 0 N–H and O–H groups in total. The van der Waals surface area contributed by atoms with Gasteiger partial charge in [0.25, 0.3) is 0 Å². The molecule has 2 rings (SSSR count). The number of hydrogen-bond acceptors (Lipinski definition) is 3. The minimum absolute atomic E-state index is 0.472. The zero-order chi connectivity index (χ0) is 13.7. The van der Waals surface area contributed by atoms with Gasteiger partial charge in [-0.25, -0.2) is 4.98 Å². The first-order valence-corrected chi connectivity index (χ1v) is 6.87. The maximum absolute atomic E-state index is 6.14. The molecule has 0 spiro atoms. The van der Waals surface area contributed by atoms with Crippen molar-refractivity contribution in [2.45, 2.75) is 20.0 Å². The van der Waals surface area contributed by atoms with Crippen LogP contribution in [0.4, 0.5) is 0 Å². The molecule has 0 radical (unpaired) electrons. The standard InChI is InChI=1S/C14H15Cl2N3/c1-2-19(9-11-5-7-17-8-6-11)10-13-12(15)3-4-14(16)18-13/h3-8H,2,9-10H2,1H3. The van der Waals surface area contributed by atoms with E-state index in [0.29, 0.717) is 16.7 Å². The third kappa shape index (κ3) is 4.16. The summed E-state index contributed by atoms with van der Waals surface area (Å²) < 4.78 is 0. The molecule has 0 aliphatic rings. The van der Waals surface area contributed by atoms with Gasteiger partial charge in [0.1, 0.15) is 5.15 Å². The average Bonchev–Trinajstić information content (AvgIpc) is 2.43. The molecule has 100 valence electrons. The highest BCUT2D eigenvalue weighted by Crippen LogP contribution is 2.19. The summed E-state index contributed by atoms with van der Waals surface area (Å²) in [5.74, 6) is 0. The van der Waals surface area contributed by atoms with E-state index >= 15 is 0 Å². The fourth-order valence-electron chi connectivity index (χ4n) is 1.81. The van der Waals surface area contributed by atoms with Crippen molar-refractivity contribution in [3.63, 3.8) is 0 Å². The van der Waals surface area contributed by atoms with E-state index in [1.807, 2.05) is 12.1 Å². The van der Waals surface area contributed by atoms with Gasteiger partial charge in [-0.1, -0.05) is 30.1 Å². The predicted octanol–water partition coefficient (Wildman–Crippen LogP) is 3.81. The Hall–Kier alpha value is -1.16. The van der Waals surface area contributed by atoms with Crippen molar-refractivity contribution in [3.05, 3.63) is 58.1 Å². The minimum atomic E-state index is 0.472. The van der Waals surface area contributed by atoms with Crippen LogP contribution in [0.25, 0.3) is 0 Å². The molecule has 2 aromatic heterocycles. The van der Waals surface area contributed by atoms with Gasteiger partial charge in [-0.3, -0.25) is 9.88 Å². The van der Waals surface area contributed by atoms with Gasteiger partial charge in [-0.2, -0.15) is 0 Å². The van der Waals surface area contributed by atoms with E-state index in [1.54, 1.807) is 24.5 Å². The van der Waals surface area contributed by atoms with Gasteiger partial charge in [-0.05, 0) is 36.4 Å². The number of aromatic nitrogens is 2. The first-order valence-electron chi connectivity index (χ1n) is 6.11. The zero-order valence-electron chi connectivity index (χ0n) is 10.7. The summed E-state index contributed by atoms with van der Waals surface area (Å²) in [6.07, 6.45) is 3.60. The second-order valence-corrected chi connectivity index (χ2v) is 5.02. The fraction of sp³-hybridized carbons (Fsp3) is 0.286. The van der Waals surface area contributed by atoms with Crippen LogP contribution in [0.5, 0.6) is 0 Å². The molecular weight excluding hydrogens is 281 g/mol. The molecule has 3 nitrogen and oxygen atoms in total. The highest BCUT2D eigenvalue weighted by molar-refractivity contribution is 6.32. The molecule has 0 amide bonds. The van der Waals surface area contributed by atoms with Crippen molar-refractivity contribution < 1.29 is 0 Å². The Balaban J connectivity index is 2.09. The first kappa shape index (κ1) is 14.3. The molecule has 0 saturated carbocycles. The third-order valence-corrected chi connectivity index (χ3v) is 3.42. The highest BCUT2D eigenvalue weighted by Gasteiger charge is 2.09. The molecule has 0 fully saturated rings. The van der Waals surface area contributed by atoms with Crippen molar-refractivity contribution >= 4 is 23.2 Å². The summed E-state index contributed by atoms with van der Waals surface area (Å²) in [4.78, 5) is 10.6. The van der Waals surface area contributed by atoms with Crippen molar-refractivity contribution in [1.82, 2.24) is 14.9 Å². The number of rotatable bonds is 5. The largest absolute Gasteiger partial charge is 0.293 e. The van der Waals surface area contributed by atoms with E-state index < -0.39 is 0 Å². The molecule has 0 aromatic carbocycles. The third-order valence-electron chi connectivity index (χ3n) is 2.86. The van der Waals surface area contributed by atoms with Gasteiger partial charge in [-0.15, -0.1) is 0 Å². The molecule has 0 aliphatic heterocycles. The van der Waals surface area contributed by atoms with Crippen LogP contribution >= 0.6 is 23.2 Å². The van der Waals surface area contributed by atoms with Crippen LogP contribution in [0.1, 0.15) is 18.2 Å². The van der Waals surface area contributed by atoms with Gasteiger partial charge in [0.05, 0.1) is 10.7 Å². The van der Waals surface area contributed by atoms with Crippen LogP contribution < -0.4 is 0 Å². The lowest BCUT2D eigenvalue weighted by atomic mass is 10.2. The van der Waals surface area contributed by atoms with Gasteiger partial charge in [0.2, 0.25) is 0 Å². The highest BCUT2D eigenvalue weighted by atomic mass is 35.5. The van der Waals surface area contributed by atoms with Gasteiger partial charge in [0.15, 0.2) is 0 Å². The lowest BCUT2D eigenvalue weighted by molar-refractivity contribution is 0.268. The molecule has 2 heterocycles. The van der Waals surface area contributed by atoms with Crippen LogP contribution in [0.3, 0.4) is 0 Å². The van der Waals surface area contributed by atoms with Crippen LogP contribution in [-0.4, -0.2) is 21.4 Å². The maximum atomic E-state index is 6.14. The monoisotopic (exact) mass is 295 g/mol. The molecule has 5 heteroatoms. The van der Waals surface area contributed by atoms with E-state index in [4.69, 9.17) is 23.2 Å². The summed E-state index contributed by atoms with van der Waals surface area (Å²) in [5.41, 5.74) is 2.03. The fourth-order valence-corrected chi connectivity index (χ4v) is 2.14. The average molecular weight is 296 g/mol. The van der Waals surface area contributed by atoms with E-state index in [9.17, 15) is 0 Å². The van der Waals surface area contributed by atoms with E-state index in [1.165, 1.54) is 5.56 Å². The Labute approximate surface area is 123 Å². The SMILES string of the molecule is CCN(Cc1ccncc1)Cc1nc(Cl)ccc1Cl. The summed E-state index contributed by atoms with van der Waals surface area (Å²) in [7, 11) is 0. The first-order chi connectivity index (χ1) is 9.19. The molecule has 0 atom stereocenters. The number of pyridine rings is 2. The molecule has 2 aromatic rings. The smallest absolute Gasteiger partial charge is 0.129 e. The van der Waals surface area contributed by atoms with E-state index in [0.717, 1.165) is 18.8 Å². The van der Waals surface area contributed by atoms with Crippen molar-refractivity contribution in [2.24, 2.45) is 0 Å². The zero-order valence-corrected chi connectivity index (χ0v) is 12.2. The van der Waals surface area contributed by atoms with Crippen LogP contribution in [0.15, 0.2) is 36.7 Å². The topological polar surface area (TPSA) is 29.0 Å². The van der Waals surface area contributed by atoms with Crippen LogP contribution in [0, 0.1) is 0 Å². The maximum Gasteiger partial charge on any atom is 0.129 e. The molecule has 0 bridgehead atoms. The summed E-state index contributed by atoms with van der Waals surface area (Å²) in [6, 6.07) is 7.50. The van der Waals surface area contributed by atoms with Gasteiger partial charge in [0, 0.05) is 25.5 Å². The van der Waals surface area contributed by atoms with Crippen molar-refractivity contribution in [1.29, 1.82) is 0 Å². The van der Waals surface area contributed by atoms with E-state index in [-0.39, 0.29) is 0 Å². The molecule has 0 aliphatic carbocycles. The Morgan fingerprint density at radius 1 is 1.05 bits per heavy atom. The van der Waals surface area contributed by atoms with Crippen molar-refractivity contribution in [3.8, 4) is 0 Å². The Bertz CT molecular complexity index is 531. The molecule has 0 unspecified atom stereocenters. The quantitative estimate of drug-likeness (QED) is 0.786. The van der Waals surface area contributed by atoms with Crippen LogP contribution in [0.2, 0.25) is 10.2 Å². The van der Waals surface area contributed by atoms with Crippen LogP contribution in [-0.2, 0) is 13.1 Å². The normalized spacial score (nSPS) is 10.9. The second kappa shape index (κ2) is 6.85. The number of hydrogen-bond donors (Lipinski definition) is 0. The lowest BCUT2D eigenvalue weighted by Crippen LogP contribution is -2.23. The Morgan fingerprint density at radius 3 is 2.47 bits per heavy atom. The Kier molecular flexibility index (Phi) is 5.14. The molecule has 19 heavy (non-hydrogen) atoms.